The Morgan fingerprint density at radius 3 is 2.80 bits per heavy atom. The molecule has 3 atom stereocenters. The molecule has 0 amide bonds. The number of hydrogen-bond acceptors (Lipinski definition) is 2. The molecule has 1 aliphatic carbocycles. The summed E-state index contributed by atoms with van der Waals surface area (Å²) in [6.07, 6.45) is 1.70. The fraction of sp³-hybridized carbons (Fsp3) is 1.00. The van der Waals surface area contributed by atoms with E-state index in [0.717, 1.165) is 25.0 Å². The van der Waals surface area contributed by atoms with Crippen LogP contribution in [0.2, 0.25) is 0 Å². The van der Waals surface area contributed by atoms with Crippen LogP contribution in [0.4, 0.5) is 0 Å². The van der Waals surface area contributed by atoms with Crippen molar-refractivity contribution >= 4 is 0 Å². The molecule has 1 unspecified atom stereocenters. The zero-order valence-corrected chi connectivity index (χ0v) is 6.84. The molecule has 2 N–H and O–H groups in total. The average molecular weight is 143 g/mol. The molecule has 0 aromatic carbocycles. The van der Waals surface area contributed by atoms with Crippen LogP contribution >= 0.6 is 0 Å². The summed E-state index contributed by atoms with van der Waals surface area (Å²) in [5.41, 5.74) is 5.50. The van der Waals surface area contributed by atoms with E-state index in [4.69, 9.17) is 10.5 Å². The third kappa shape index (κ3) is 1.70. The Hall–Kier alpha value is -0.0800. The van der Waals surface area contributed by atoms with Gasteiger partial charge in [-0.15, -0.1) is 0 Å². The molecule has 2 heteroatoms. The average Bonchev–Trinajstić information content (AvgIpc) is 2.66. The van der Waals surface area contributed by atoms with Crippen LogP contribution in [0.3, 0.4) is 0 Å². The first-order valence-electron chi connectivity index (χ1n) is 4.11. The Morgan fingerprint density at radius 2 is 2.40 bits per heavy atom. The molecule has 1 saturated carbocycles. The first-order chi connectivity index (χ1) is 4.79. The zero-order valence-electron chi connectivity index (χ0n) is 6.84. The summed E-state index contributed by atoms with van der Waals surface area (Å²) in [4.78, 5) is 0. The zero-order chi connectivity index (χ0) is 7.56. The van der Waals surface area contributed by atoms with Gasteiger partial charge in [-0.05, 0) is 38.6 Å². The van der Waals surface area contributed by atoms with E-state index in [0.29, 0.717) is 6.10 Å². The van der Waals surface area contributed by atoms with Crippen molar-refractivity contribution in [3.63, 3.8) is 0 Å². The minimum Gasteiger partial charge on any atom is -0.378 e. The van der Waals surface area contributed by atoms with E-state index in [1.165, 1.54) is 6.42 Å². The highest BCUT2D eigenvalue weighted by atomic mass is 16.5. The molecule has 0 aromatic rings. The van der Waals surface area contributed by atoms with E-state index >= 15 is 0 Å². The van der Waals surface area contributed by atoms with Crippen molar-refractivity contribution < 1.29 is 4.74 Å². The van der Waals surface area contributed by atoms with Crippen molar-refractivity contribution in [3.8, 4) is 0 Å². The monoisotopic (exact) mass is 143 g/mol. The lowest BCUT2D eigenvalue weighted by Crippen LogP contribution is -2.14. The van der Waals surface area contributed by atoms with Gasteiger partial charge in [0.25, 0.3) is 0 Å². The standard InChI is InChI=1S/C8H17NO/c1-3-10-6(2)8-4-7(8)5-9/h6-8H,3-5,9H2,1-2H3/t6?,7-,8-/m0/s1. The molecular formula is C8H17NO. The highest BCUT2D eigenvalue weighted by Gasteiger charge is 2.40. The van der Waals surface area contributed by atoms with Crippen molar-refractivity contribution in [3.05, 3.63) is 0 Å². The maximum atomic E-state index is 5.50. The summed E-state index contributed by atoms with van der Waals surface area (Å²) in [6, 6.07) is 0. The van der Waals surface area contributed by atoms with Crippen molar-refractivity contribution in [1.82, 2.24) is 0 Å². The summed E-state index contributed by atoms with van der Waals surface area (Å²) >= 11 is 0. The van der Waals surface area contributed by atoms with Gasteiger partial charge in [-0.25, -0.2) is 0 Å². The quantitative estimate of drug-likeness (QED) is 0.637. The third-order valence-electron chi connectivity index (χ3n) is 2.31. The van der Waals surface area contributed by atoms with Gasteiger partial charge in [0.15, 0.2) is 0 Å². The molecule has 1 fully saturated rings. The SMILES string of the molecule is CCOC(C)[C@@H]1C[C@H]1CN. The number of rotatable bonds is 4. The maximum absolute atomic E-state index is 5.50. The summed E-state index contributed by atoms with van der Waals surface area (Å²) < 4.78 is 5.44. The smallest absolute Gasteiger partial charge is 0.0578 e. The molecule has 0 saturated heterocycles. The molecule has 1 rings (SSSR count). The molecule has 0 heterocycles. The van der Waals surface area contributed by atoms with Gasteiger partial charge in [-0.3, -0.25) is 0 Å². The van der Waals surface area contributed by atoms with Crippen molar-refractivity contribution in [2.24, 2.45) is 17.6 Å². The number of nitrogens with two attached hydrogens (primary N) is 1. The lowest BCUT2D eigenvalue weighted by molar-refractivity contribution is 0.0573. The minimum atomic E-state index is 0.429. The highest BCUT2D eigenvalue weighted by Crippen LogP contribution is 2.41. The molecule has 60 valence electrons. The molecule has 10 heavy (non-hydrogen) atoms. The van der Waals surface area contributed by atoms with Gasteiger partial charge in [0.2, 0.25) is 0 Å². The van der Waals surface area contributed by atoms with Crippen LogP contribution in [0.25, 0.3) is 0 Å². The minimum absolute atomic E-state index is 0.429. The molecule has 2 nitrogen and oxygen atoms in total. The fourth-order valence-electron chi connectivity index (χ4n) is 1.50. The normalized spacial score (nSPS) is 33.9. The topological polar surface area (TPSA) is 35.2 Å². The molecule has 1 aliphatic rings. The third-order valence-corrected chi connectivity index (χ3v) is 2.31. The van der Waals surface area contributed by atoms with Gasteiger partial charge in [0.1, 0.15) is 0 Å². The second kappa shape index (κ2) is 3.35. The van der Waals surface area contributed by atoms with Crippen LogP contribution in [0.15, 0.2) is 0 Å². The Labute approximate surface area is 62.7 Å². The van der Waals surface area contributed by atoms with E-state index in [2.05, 4.69) is 6.92 Å². The van der Waals surface area contributed by atoms with Gasteiger partial charge in [0, 0.05) is 6.61 Å². The van der Waals surface area contributed by atoms with E-state index in [1.54, 1.807) is 0 Å². The molecule has 0 spiro atoms. The number of ether oxygens (including phenoxy) is 1. The summed E-state index contributed by atoms with van der Waals surface area (Å²) in [7, 11) is 0. The summed E-state index contributed by atoms with van der Waals surface area (Å²) in [5, 5.41) is 0. The molecule has 0 bridgehead atoms. The summed E-state index contributed by atoms with van der Waals surface area (Å²) in [5.74, 6) is 1.51. The van der Waals surface area contributed by atoms with E-state index in [9.17, 15) is 0 Å². The second-order valence-corrected chi connectivity index (χ2v) is 3.06. The Morgan fingerprint density at radius 1 is 1.70 bits per heavy atom. The molecule has 0 aromatic heterocycles. The first kappa shape index (κ1) is 8.02. The van der Waals surface area contributed by atoms with Crippen molar-refractivity contribution in [2.45, 2.75) is 26.4 Å². The van der Waals surface area contributed by atoms with Crippen LogP contribution < -0.4 is 5.73 Å². The lowest BCUT2D eigenvalue weighted by atomic mass is 10.2. The Bertz CT molecular complexity index is 105. The van der Waals surface area contributed by atoms with Gasteiger partial charge >= 0.3 is 0 Å². The highest BCUT2D eigenvalue weighted by molar-refractivity contribution is 4.90. The van der Waals surface area contributed by atoms with Crippen LogP contribution in [0, 0.1) is 11.8 Å². The molecular weight excluding hydrogens is 126 g/mol. The van der Waals surface area contributed by atoms with Gasteiger partial charge in [0.05, 0.1) is 6.10 Å². The van der Waals surface area contributed by atoms with Crippen LogP contribution in [0.5, 0.6) is 0 Å². The van der Waals surface area contributed by atoms with Crippen molar-refractivity contribution in [2.75, 3.05) is 13.2 Å². The first-order valence-corrected chi connectivity index (χ1v) is 4.11. The largest absolute Gasteiger partial charge is 0.378 e. The fourth-order valence-corrected chi connectivity index (χ4v) is 1.50. The van der Waals surface area contributed by atoms with Crippen LogP contribution in [-0.2, 0) is 4.74 Å². The summed E-state index contributed by atoms with van der Waals surface area (Å²) in [6.45, 7) is 5.84. The van der Waals surface area contributed by atoms with Crippen molar-refractivity contribution in [1.29, 1.82) is 0 Å². The lowest BCUT2D eigenvalue weighted by Gasteiger charge is -2.09. The van der Waals surface area contributed by atoms with Gasteiger partial charge < -0.3 is 10.5 Å². The molecule has 0 aliphatic heterocycles. The van der Waals surface area contributed by atoms with Gasteiger partial charge in [-0.2, -0.15) is 0 Å². The van der Waals surface area contributed by atoms with E-state index < -0.39 is 0 Å². The number of hydrogen-bond donors (Lipinski definition) is 1. The Kier molecular flexibility index (Phi) is 2.69. The van der Waals surface area contributed by atoms with E-state index in [-0.39, 0.29) is 0 Å². The van der Waals surface area contributed by atoms with Crippen LogP contribution in [-0.4, -0.2) is 19.3 Å². The predicted molar refractivity (Wildman–Crippen MR) is 41.7 cm³/mol. The second-order valence-electron chi connectivity index (χ2n) is 3.06. The van der Waals surface area contributed by atoms with Crippen LogP contribution in [0.1, 0.15) is 20.3 Å². The predicted octanol–water partition coefficient (Wildman–Crippen LogP) is 1.01. The van der Waals surface area contributed by atoms with E-state index in [1.807, 2.05) is 6.92 Å². The van der Waals surface area contributed by atoms with Gasteiger partial charge in [-0.1, -0.05) is 0 Å². The maximum Gasteiger partial charge on any atom is 0.0578 e. The Balaban J connectivity index is 2.12. The molecule has 0 radical (unpaired) electrons.